The van der Waals surface area contributed by atoms with Gasteiger partial charge in [0.25, 0.3) is 0 Å². The van der Waals surface area contributed by atoms with Crippen LogP contribution in [0, 0.1) is 5.41 Å². The van der Waals surface area contributed by atoms with Gasteiger partial charge in [0.1, 0.15) is 0 Å². The van der Waals surface area contributed by atoms with E-state index in [4.69, 9.17) is 11.6 Å². The van der Waals surface area contributed by atoms with Crippen LogP contribution in [0.1, 0.15) is 46.2 Å². The van der Waals surface area contributed by atoms with Crippen molar-refractivity contribution in [2.75, 3.05) is 20.1 Å². The van der Waals surface area contributed by atoms with Crippen LogP contribution in [0.2, 0.25) is 5.02 Å². The Hall–Kier alpha value is -0.570. The minimum atomic E-state index is 0.228. The van der Waals surface area contributed by atoms with Crippen LogP contribution in [0.15, 0.2) is 24.3 Å². The van der Waals surface area contributed by atoms with Crippen LogP contribution in [-0.4, -0.2) is 31.1 Å². The van der Waals surface area contributed by atoms with Gasteiger partial charge >= 0.3 is 0 Å². The molecule has 2 nitrogen and oxygen atoms in total. The van der Waals surface area contributed by atoms with Crippen molar-refractivity contribution in [2.45, 2.75) is 46.7 Å². The molecular weight excluding hydrogens is 268 g/mol. The topological polar surface area (TPSA) is 15.3 Å². The lowest BCUT2D eigenvalue weighted by atomic mass is 9.84. The maximum atomic E-state index is 5.96. The number of hydrogen-bond acceptors (Lipinski definition) is 2. The lowest BCUT2D eigenvalue weighted by Gasteiger charge is -2.38. The molecule has 2 unspecified atom stereocenters. The minimum Gasteiger partial charge on any atom is -0.314 e. The Kier molecular flexibility index (Phi) is 6.50. The third-order valence-electron chi connectivity index (χ3n) is 4.35. The second-order valence-electron chi connectivity index (χ2n) is 6.41. The van der Waals surface area contributed by atoms with E-state index in [0.29, 0.717) is 12.1 Å². The predicted molar refractivity (Wildman–Crippen MR) is 89.4 cm³/mol. The Bertz CT molecular complexity index is 400. The van der Waals surface area contributed by atoms with E-state index >= 15 is 0 Å². The lowest BCUT2D eigenvalue weighted by molar-refractivity contribution is 0.136. The summed E-state index contributed by atoms with van der Waals surface area (Å²) < 4.78 is 0. The van der Waals surface area contributed by atoms with Crippen LogP contribution < -0.4 is 5.32 Å². The molecule has 3 heteroatoms. The zero-order chi connectivity index (χ0) is 15.3. The molecule has 0 aromatic heterocycles. The first-order valence-electron chi connectivity index (χ1n) is 7.47. The molecule has 1 N–H and O–H groups in total. The summed E-state index contributed by atoms with van der Waals surface area (Å²) in [6.07, 6.45) is 0. The van der Waals surface area contributed by atoms with Gasteiger partial charge in [0, 0.05) is 23.7 Å². The highest BCUT2D eigenvalue weighted by molar-refractivity contribution is 6.30. The third-order valence-corrected chi connectivity index (χ3v) is 4.60. The van der Waals surface area contributed by atoms with Crippen molar-refractivity contribution in [3.63, 3.8) is 0 Å². The Morgan fingerprint density at radius 3 is 2.25 bits per heavy atom. The summed E-state index contributed by atoms with van der Waals surface area (Å²) >= 11 is 5.96. The van der Waals surface area contributed by atoms with E-state index in [-0.39, 0.29) is 5.41 Å². The van der Waals surface area contributed by atoms with Gasteiger partial charge in [-0.25, -0.2) is 0 Å². The first-order valence-corrected chi connectivity index (χ1v) is 7.84. The SMILES string of the molecule is CCNC(C)C(C)(C)CN(C)C(C)c1ccc(Cl)cc1. The van der Waals surface area contributed by atoms with Gasteiger partial charge < -0.3 is 5.32 Å². The molecule has 1 aromatic rings. The summed E-state index contributed by atoms with van der Waals surface area (Å²) in [6.45, 7) is 13.4. The van der Waals surface area contributed by atoms with Crippen molar-refractivity contribution in [3.05, 3.63) is 34.9 Å². The van der Waals surface area contributed by atoms with Crippen molar-refractivity contribution in [1.82, 2.24) is 10.2 Å². The normalized spacial score (nSPS) is 15.4. The Balaban J connectivity index is 2.69. The molecular formula is C17H29ClN2. The first kappa shape index (κ1) is 17.5. The Morgan fingerprint density at radius 2 is 1.75 bits per heavy atom. The van der Waals surface area contributed by atoms with Crippen molar-refractivity contribution in [1.29, 1.82) is 0 Å². The average molecular weight is 297 g/mol. The van der Waals surface area contributed by atoms with Crippen molar-refractivity contribution < 1.29 is 0 Å². The monoisotopic (exact) mass is 296 g/mol. The van der Waals surface area contributed by atoms with Gasteiger partial charge in [0.15, 0.2) is 0 Å². The molecule has 1 rings (SSSR count). The summed E-state index contributed by atoms with van der Waals surface area (Å²) in [5, 5.41) is 4.33. The summed E-state index contributed by atoms with van der Waals surface area (Å²) in [7, 11) is 2.19. The summed E-state index contributed by atoms with van der Waals surface area (Å²) in [5.41, 5.74) is 1.54. The largest absolute Gasteiger partial charge is 0.314 e. The van der Waals surface area contributed by atoms with E-state index < -0.39 is 0 Å². The molecule has 0 aliphatic rings. The minimum absolute atomic E-state index is 0.228. The molecule has 0 bridgehead atoms. The van der Waals surface area contributed by atoms with Gasteiger partial charge in [0.2, 0.25) is 0 Å². The van der Waals surface area contributed by atoms with Crippen molar-refractivity contribution >= 4 is 11.6 Å². The molecule has 0 amide bonds. The number of nitrogens with one attached hydrogen (secondary N) is 1. The van der Waals surface area contributed by atoms with Crippen LogP contribution in [0.5, 0.6) is 0 Å². The van der Waals surface area contributed by atoms with Crippen LogP contribution in [-0.2, 0) is 0 Å². The molecule has 2 atom stereocenters. The van der Waals surface area contributed by atoms with E-state index in [1.165, 1.54) is 5.56 Å². The summed E-state index contributed by atoms with van der Waals surface area (Å²) in [4.78, 5) is 2.41. The van der Waals surface area contributed by atoms with Crippen molar-refractivity contribution in [2.24, 2.45) is 5.41 Å². The highest BCUT2D eigenvalue weighted by Gasteiger charge is 2.28. The number of hydrogen-bond donors (Lipinski definition) is 1. The maximum absolute atomic E-state index is 5.96. The zero-order valence-electron chi connectivity index (χ0n) is 13.7. The molecule has 20 heavy (non-hydrogen) atoms. The van der Waals surface area contributed by atoms with E-state index in [9.17, 15) is 0 Å². The highest BCUT2D eigenvalue weighted by atomic mass is 35.5. The second-order valence-corrected chi connectivity index (χ2v) is 6.85. The molecule has 0 heterocycles. The lowest BCUT2D eigenvalue weighted by Crippen LogP contribution is -2.46. The average Bonchev–Trinajstić information content (AvgIpc) is 2.38. The van der Waals surface area contributed by atoms with Gasteiger partial charge in [-0.3, -0.25) is 4.90 Å². The molecule has 0 spiro atoms. The standard InChI is InChI=1S/C17H29ClN2/c1-7-19-14(3)17(4,5)12-20(6)13(2)15-8-10-16(18)11-9-15/h8-11,13-14,19H,7,12H2,1-6H3. The Labute approximate surface area is 129 Å². The van der Waals surface area contributed by atoms with E-state index in [0.717, 1.165) is 18.1 Å². The Morgan fingerprint density at radius 1 is 1.20 bits per heavy atom. The van der Waals surface area contributed by atoms with Gasteiger partial charge in [0.05, 0.1) is 0 Å². The fraction of sp³-hybridized carbons (Fsp3) is 0.647. The fourth-order valence-electron chi connectivity index (χ4n) is 2.49. The molecule has 114 valence electrons. The smallest absolute Gasteiger partial charge is 0.0406 e. The predicted octanol–water partition coefficient (Wildman–Crippen LogP) is 4.36. The van der Waals surface area contributed by atoms with Crippen molar-refractivity contribution in [3.8, 4) is 0 Å². The van der Waals surface area contributed by atoms with Crippen LogP contribution >= 0.6 is 11.6 Å². The van der Waals surface area contributed by atoms with Gasteiger partial charge in [-0.05, 0) is 50.6 Å². The highest BCUT2D eigenvalue weighted by Crippen LogP contribution is 2.27. The molecule has 0 fully saturated rings. The van der Waals surface area contributed by atoms with Crippen LogP contribution in [0.4, 0.5) is 0 Å². The number of rotatable bonds is 7. The van der Waals surface area contributed by atoms with Gasteiger partial charge in [-0.2, -0.15) is 0 Å². The maximum Gasteiger partial charge on any atom is 0.0406 e. The molecule has 1 aromatic carbocycles. The summed E-state index contributed by atoms with van der Waals surface area (Å²) in [6, 6.07) is 9.04. The zero-order valence-corrected chi connectivity index (χ0v) is 14.5. The summed E-state index contributed by atoms with van der Waals surface area (Å²) in [5.74, 6) is 0. The van der Waals surface area contributed by atoms with E-state index in [1.807, 2.05) is 12.1 Å². The van der Waals surface area contributed by atoms with Gasteiger partial charge in [-0.1, -0.05) is 44.5 Å². The fourth-order valence-corrected chi connectivity index (χ4v) is 2.62. The van der Waals surface area contributed by atoms with Crippen LogP contribution in [0.3, 0.4) is 0 Å². The molecule has 0 aliphatic heterocycles. The molecule has 0 saturated heterocycles. The molecule has 0 saturated carbocycles. The third kappa shape index (κ3) is 4.76. The number of benzene rings is 1. The molecule has 0 aliphatic carbocycles. The second kappa shape index (κ2) is 7.44. The number of nitrogens with zero attached hydrogens (tertiary/aromatic N) is 1. The number of halogens is 1. The van der Waals surface area contributed by atoms with E-state index in [1.54, 1.807) is 0 Å². The van der Waals surface area contributed by atoms with E-state index in [2.05, 4.69) is 64.0 Å². The van der Waals surface area contributed by atoms with Gasteiger partial charge in [-0.15, -0.1) is 0 Å². The molecule has 0 radical (unpaired) electrons. The quantitative estimate of drug-likeness (QED) is 0.804. The first-order chi connectivity index (χ1) is 9.27. The van der Waals surface area contributed by atoms with Crippen LogP contribution in [0.25, 0.3) is 0 Å².